The van der Waals surface area contributed by atoms with Gasteiger partial charge in [0.05, 0.1) is 16.5 Å². The van der Waals surface area contributed by atoms with Crippen LogP contribution in [0.15, 0.2) is 35.2 Å². The number of nitrogen functional groups attached to an aromatic ring is 1. The standard InChI is InChI=1S/C21H23N5O2S/c1-13-11-16(29(27,28)26-9-7-15(12-22)8-10-26)3-4-17(13)18-5-6-19-20(14(18)2)21(23)25-24-19/h3-6,11,15H,7-10H2,1-2H3,(H3,23,24,25). The zero-order valence-electron chi connectivity index (χ0n) is 16.4. The highest BCUT2D eigenvalue weighted by Crippen LogP contribution is 2.34. The van der Waals surface area contributed by atoms with E-state index in [-0.39, 0.29) is 10.8 Å². The largest absolute Gasteiger partial charge is 0.382 e. The molecule has 7 nitrogen and oxygen atoms in total. The molecular weight excluding hydrogens is 386 g/mol. The summed E-state index contributed by atoms with van der Waals surface area (Å²) in [6.07, 6.45) is 1.16. The van der Waals surface area contributed by atoms with Gasteiger partial charge in [0, 0.05) is 24.4 Å². The smallest absolute Gasteiger partial charge is 0.243 e. The fraction of sp³-hybridized carbons (Fsp3) is 0.333. The van der Waals surface area contributed by atoms with Gasteiger partial charge < -0.3 is 5.73 Å². The number of hydrogen-bond acceptors (Lipinski definition) is 5. The van der Waals surface area contributed by atoms with Crippen molar-refractivity contribution in [3.8, 4) is 17.2 Å². The van der Waals surface area contributed by atoms with Crippen LogP contribution in [0.1, 0.15) is 24.0 Å². The summed E-state index contributed by atoms with van der Waals surface area (Å²) in [5.41, 5.74) is 10.7. The van der Waals surface area contributed by atoms with Gasteiger partial charge in [-0.1, -0.05) is 12.1 Å². The number of H-pyrrole nitrogens is 1. The van der Waals surface area contributed by atoms with E-state index in [1.54, 1.807) is 12.1 Å². The number of hydrogen-bond donors (Lipinski definition) is 2. The lowest BCUT2D eigenvalue weighted by Gasteiger charge is -2.28. The first kappa shape index (κ1) is 19.4. The summed E-state index contributed by atoms with van der Waals surface area (Å²) in [6, 6.07) is 11.4. The van der Waals surface area contributed by atoms with Crippen LogP contribution in [0.25, 0.3) is 22.0 Å². The first-order valence-electron chi connectivity index (χ1n) is 9.57. The molecule has 0 unspecified atom stereocenters. The summed E-state index contributed by atoms with van der Waals surface area (Å²) in [4.78, 5) is 0.288. The van der Waals surface area contributed by atoms with Gasteiger partial charge in [0.15, 0.2) is 5.82 Å². The Bertz CT molecular complexity index is 1230. The molecular formula is C21H23N5O2S. The van der Waals surface area contributed by atoms with Crippen molar-refractivity contribution in [1.82, 2.24) is 14.5 Å². The normalized spacial score (nSPS) is 16.2. The molecule has 0 spiro atoms. The molecule has 8 heteroatoms. The van der Waals surface area contributed by atoms with Crippen molar-refractivity contribution < 1.29 is 8.42 Å². The molecule has 4 rings (SSSR count). The van der Waals surface area contributed by atoms with E-state index in [4.69, 9.17) is 11.0 Å². The van der Waals surface area contributed by atoms with Gasteiger partial charge >= 0.3 is 0 Å². The molecule has 0 amide bonds. The predicted octanol–water partition coefficient (Wildman–Crippen LogP) is 3.35. The number of aromatic amines is 1. The summed E-state index contributed by atoms with van der Waals surface area (Å²) in [5.74, 6) is 0.399. The van der Waals surface area contributed by atoms with E-state index in [0.29, 0.717) is 31.7 Å². The molecule has 0 bridgehead atoms. The van der Waals surface area contributed by atoms with E-state index in [1.807, 2.05) is 32.0 Å². The molecule has 1 aromatic heterocycles. The highest BCUT2D eigenvalue weighted by Gasteiger charge is 2.29. The molecule has 1 aliphatic heterocycles. The van der Waals surface area contributed by atoms with Crippen LogP contribution in [0.3, 0.4) is 0 Å². The van der Waals surface area contributed by atoms with Gasteiger partial charge in [0.25, 0.3) is 0 Å². The van der Waals surface area contributed by atoms with Crippen molar-refractivity contribution in [2.45, 2.75) is 31.6 Å². The second-order valence-corrected chi connectivity index (χ2v) is 9.49. The lowest BCUT2D eigenvalue weighted by atomic mass is 9.94. The highest BCUT2D eigenvalue weighted by molar-refractivity contribution is 7.89. The van der Waals surface area contributed by atoms with Crippen molar-refractivity contribution >= 4 is 26.7 Å². The lowest BCUT2D eigenvalue weighted by molar-refractivity contribution is 0.310. The van der Waals surface area contributed by atoms with Gasteiger partial charge in [-0.2, -0.15) is 14.7 Å². The van der Waals surface area contributed by atoms with Crippen LogP contribution in [-0.4, -0.2) is 36.0 Å². The number of nitrogens with two attached hydrogens (primary N) is 1. The second-order valence-electron chi connectivity index (χ2n) is 7.55. The van der Waals surface area contributed by atoms with Crippen molar-refractivity contribution in [1.29, 1.82) is 5.26 Å². The fourth-order valence-electron chi connectivity index (χ4n) is 4.08. The summed E-state index contributed by atoms with van der Waals surface area (Å²) in [7, 11) is -3.57. The van der Waals surface area contributed by atoms with Gasteiger partial charge in [-0.05, 0) is 67.1 Å². The Morgan fingerprint density at radius 3 is 2.52 bits per heavy atom. The molecule has 3 aromatic rings. The minimum absolute atomic E-state index is 0.0567. The Morgan fingerprint density at radius 1 is 1.17 bits per heavy atom. The van der Waals surface area contributed by atoms with Crippen LogP contribution < -0.4 is 5.73 Å². The van der Waals surface area contributed by atoms with Crippen molar-refractivity contribution in [3.05, 3.63) is 41.5 Å². The van der Waals surface area contributed by atoms with Crippen molar-refractivity contribution in [2.24, 2.45) is 5.92 Å². The molecule has 0 radical (unpaired) electrons. The Hall–Kier alpha value is -2.89. The first-order chi connectivity index (χ1) is 13.8. The van der Waals surface area contributed by atoms with Crippen LogP contribution in [0.5, 0.6) is 0 Å². The van der Waals surface area contributed by atoms with E-state index in [2.05, 4.69) is 16.3 Å². The Kier molecular flexibility index (Phi) is 4.81. The molecule has 0 aliphatic carbocycles. The number of anilines is 1. The summed E-state index contributed by atoms with van der Waals surface area (Å²) in [5, 5.41) is 16.9. The van der Waals surface area contributed by atoms with Gasteiger partial charge in [-0.3, -0.25) is 5.10 Å². The zero-order valence-corrected chi connectivity index (χ0v) is 17.3. The number of aromatic nitrogens is 2. The summed E-state index contributed by atoms with van der Waals surface area (Å²) < 4.78 is 27.6. The third kappa shape index (κ3) is 3.26. The first-order valence-corrected chi connectivity index (χ1v) is 11.0. The Morgan fingerprint density at radius 2 is 1.86 bits per heavy atom. The van der Waals surface area contributed by atoms with E-state index >= 15 is 0 Å². The minimum atomic E-state index is -3.57. The van der Waals surface area contributed by atoms with E-state index in [1.165, 1.54) is 4.31 Å². The number of nitrogens with zero attached hydrogens (tertiary/aromatic N) is 3. The number of nitrogens with one attached hydrogen (secondary N) is 1. The Labute approximate surface area is 170 Å². The number of nitriles is 1. The van der Waals surface area contributed by atoms with Gasteiger partial charge in [-0.25, -0.2) is 8.42 Å². The van der Waals surface area contributed by atoms with Gasteiger partial charge in [-0.15, -0.1) is 0 Å². The monoisotopic (exact) mass is 409 g/mol. The lowest BCUT2D eigenvalue weighted by Crippen LogP contribution is -2.38. The van der Waals surface area contributed by atoms with Crippen molar-refractivity contribution in [3.63, 3.8) is 0 Å². The number of fused-ring (bicyclic) bond motifs is 1. The van der Waals surface area contributed by atoms with Crippen LogP contribution in [0, 0.1) is 31.1 Å². The molecule has 2 aromatic carbocycles. The van der Waals surface area contributed by atoms with Gasteiger partial charge in [0.1, 0.15) is 0 Å². The molecule has 1 aliphatic rings. The van der Waals surface area contributed by atoms with Crippen LogP contribution in [-0.2, 0) is 10.0 Å². The SMILES string of the molecule is Cc1cc(S(=O)(=O)N2CCC(C#N)CC2)ccc1-c1ccc2[nH]nc(N)c2c1C. The molecule has 0 saturated carbocycles. The molecule has 2 heterocycles. The van der Waals surface area contributed by atoms with Crippen LogP contribution in [0.4, 0.5) is 5.82 Å². The predicted molar refractivity (Wildman–Crippen MR) is 113 cm³/mol. The quantitative estimate of drug-likeness (QED) is 0.688. The van der Waals surface area contributed by atoms with Gasteiger partial charge in [0.2, 0.25) is 10.0 Å². The number of benzene rings is 2. The molecule has 29 heavy (non-hydrogen) atoms. The minimum Gasteiger partial charge on any atom is -0.382 e. The third-order valence-electron chi connectivity index (χ3n) is 5.78. The topological polar surface area (TPSA) is 116 Å². The molecule has 1 saturated heterocycles. The molecule has 150 valence electrons. The third-order valence-corrected chi connectivity index (χ3v) is 7.67. The van der Waals surface area contributed by atoms with E-state index < -0.39 is 10.0 Å². The van der Waals surface area contributed by atoms with Crippen molar-refractivity contribution in [2.75, 3.05) is 18.8 Å². The zero-order chi connectivity index (χ0) is 20.8. The van der Waals surface area contributed by atoms with Crippen LogP contribution in [0.2, 0.25) is 0 Å². The number of sulfonamides is 1. The number of aryl methyl sites for hydroxylation is 2. The number of rotatable bonds is 3. The summed E-state index contributed by atoms with van der Waals surface area (Å²) >= 11 is 0. The molecule has 1 fully saturated rings. The molecule has 0 atom stereocenters. The average molecular weight is 410 g/mol. The van der Waals surface area contributed by atoms with Crippen LogP contribution >= 0.6 is 0 Å². The summed E-state index contributed by atoms with van der Waals surface area (Å²) in [6.45, 7) is 4.68. The second kappa shape index (κ2) is 7.17. The average Bonchev–Trinajstić information content (AvgIpc) is 3.10. The maximum Gasteiger partial charge on any atom is 0.243 e. The van der Waals surface area contributed by atoms with E-state index in [9.17, 15) is 8.42 Å². The molecule has 3 N–H and O–H groups in total. The maximum atomic E-state index is 13.0. The maximum absolute atomic E-state index is 13.0. The Balaban J connectivity index is 1.70. The fourth-order valence-corrected chi connectivity index (χ4v) is 5.63. The highest BCUT2D eigenvalue weighted by atomic mass is 32.2. The van der Waals surface area contributed by atoms with E-state index in [0.717, 1.165) is 33.2 Å². The number of piperidine rings is 1.